The van der Waals surface area contributed by atoms with Crippen LogP contribution in [0.3, 0.4) is 0 Å². The summed E-state index contributed by atoms with van der Waals surface area (Å²) in [6.45, 7) is 0.514. The summed E-state index contributed by atoms with van der Waals surface area (Å²) in [4.78, 5) is 29.5. The van der Waals surface area contributed by atoms with Crippen LogP contribution >= 0.6 is 0 Å². The van der Waals surface area contributed by atoms with Crippen LogP contribution in [0.25, 0.3) is 11.1 Å². The number of ketones is 1. The molecule has 9 heteroatoms. The number of pyridine rings is 1. The molecule has 2 aliphatic heterocycles. The van der Waals surface area contributed by atoms with E-state index in [4.69, 9.17) is 19.9 Å². The van der Waals surface area contributed by atoms with E-state index in [9.17, 15) is 19.1 Å². The van der Waals surface area contributed by atoms with E-state index in [0.29, 0.717) is 22.3 Å². The smallest absolute Gasteiger partial charge is 0.338 e. The van der Waals surface area contributed by atoms with Gasteiger partial charge in [-0.25, -0.2) is 9.18 Å². The van der Waals surface area contributed by atoms with E-state index >= 15 is 0 Å². The molecular weight excluding hydrogens is 467 g/mol. The first kappa shape index (κ1) is 24.2. The Balaban J connectivity index is 1.37. The van der Waals surface area contributed by atoms with Crippen molar-refractivity contribution in [3.8, 4) is 11.1 Å². The number of nitrogens with zero attached hydrogens (tertiary/aromatic N) is 1. The molecule has 2 aromatic carbocycles. The fraction of sp³-hybridized carbons (Fsp3) is 0.296. The van der Waals surface area contributed by atoms with E-state index in [0.717, 1.165) is 11.8 Å². The first-order valence-corrected chi connectivity index (χ1v) is 11.6. The highest BCUT2D eigenvalue weighted by Gasteiger charge is 2.49. The zero-order valence-electron chi connectivity index (χ0n) is 19.3. The zero-order chi connectivity index (χ0) is 25.2. The Morgan fingerprint density at radius 2 is 1.89 bits per heavy atom. The number of Topliss-reactive ketones (excluding diaryl/α,β-unsaturated/α-hetero) is 1. The first-order valence-electron chi connectivity index (χ1n) is 11.6. The van der Waals surface area contributed by atoms with Crippen LogP contribution < -0.4 is 5.73 Å². The minimum atomic E-state index is -0.734. The second-order valence-corrected chi connectivity index (χ2v) is 8.83. The minimum absolute atomic E-state index is 0.107. The third-order valence-electron chi connectivity index (χ3n) is 6.51. The topological polar surface area (TPSA) is 121 Å². The number of carbonyl (C=O) groups is 2. The van der Waals surface area contributed by atoms with Gasteiger partial charge in [0.25, 0.3) is 0 Å². The van der Waals surface area contributed by atoms with Crippen molar-refractivity contribution >= 4 is 11.8 Å². The van der Waals surface area contributed by atoms with Gasteiger partial charge in [-0.05, 0) is 46.5 Å². The number of esters is 1. The van der Waals surface area contributed by atoms with Gasteiger partial charge in [0.05, 0.1) is 25.0 Å². The highest BCUT2D eigenvalue weighted by atomic mass is 19.1. The van der Waals surface area contributed by atoms with Crippen LogP contribution in [0.1, 0.15) is 31.8 Å². The molecule has 0 amide bonds. The van der Waals surface area contributed by atoms with Gasteiger partial charge in [0.15, 0.2) is 11.9 Å². The average molecular weight is 493 g/mol. The molecule has 8 nitrogen and oxygen atoms in total. The molecule has 2 fully saturated rings. The molecule has 0 aliphatic carbocycles. The summed E-state index contributed by atoms with van der Waals surface area (Å²) in [6.07, 6.45) is 0.0718. The largest absolute Gasteiger partial charge is 0.453 e. The van der Waals surface area contributed by atoms with Crippen LogP contribution in [0, 0.1) is 5.82 Å². The number of aliphatic hydroxyl groups is 1. The summed E-state index contributed by atoms with van der Waals surface area (Å²) in [5.74, 6) is -1.34. The Kier molecular flexibility index (Phi) is 6.88. The highest BCUT2D eigenvalue weighted by Crippen LogP contribution is 2.30. The van der Waals surface area contributed by atoms with Crippen LogP contribution in [0.2, 0.25) is 0 Å². The van der Waals surface area contributed by atoms with Crippen LogP contribution in [-0.2, 0) is 27.2 Å². The van der Waals surface area contributed by atoms with Gasteiger partial charge in [-0.3, -0.25) is 9.78 Å². The molecule has 2 saturated heterocycles. The quantitative estimate of drug-likeness (QED) is 0.381. The molecular formula is C27H25FN2O6. The van der Waals surface area contributed by atoms with E-state index in [1.165, 1.54) is 12.3 Å². The standard InChI is InChI=1S/C27H25FN2O6/c28-21-12-30-7-6-16(21)10-22(31)17-4-5-19(11-29)20(9-17)15-2-1-3-18(8-15)27(33)36-24-14-35-25-23(32)13-34-26(24)25/h1-9,12,23-26,32H,10-11,13-14,29H2/t23-,24?,25?,26?/m1/s1. The SMILES string of the molecule is NCc1ccc(C(=O)Cc2ccncc2F)cc1-c1cccc(C(=O)OC2COC3C2OC[C@H]3O)c1. The van der Waals surface area contributed by atoms with Gasteiger partial charge in [0.1, 0.15) is 24.1 Å². The van der Waals surface area contributed by atoms with E-state index in [2.05, 4.69) is 4.98 Å². The molecule has 3 unspecified atom stereocenters. The van der Waals surface area contributed by atoms with Crippen molar-refractivity contribution in [3.05, 3.63) is 89.0 Å². The number of nitrogens with two attached hydrogens (primary N) is 1. The van der Waals surface area contributed by atoms with Gasteiger partial charge in [-0.2, -0.15) is 0 Å². The summed E-state index contributed by atoms with van der Waals surface area (Å²) in [5.41, 5.74) is 9.08. The lowest BCUT2D eigenvalue weighted by Crippen LogP contribution is -2.34. The maximum atomic E-state index is 14.0. The number of ether oxygens (including phenoxy) is 3. The number of halogens is 1. The predicted octanol–water partition coefficient (Wildman–Crippen LogP) is 2.46. The van der Waals surface area contributed by atoms with Crippen LogP contribution in [0.4, 0.5) is 4.39 Å². The minimum Gasteiger partial charge on any atom is -0.453 e. The Hall–Kier alpha value is -3.50. The van der Waals surface area contributed by atoms with Gasteiger partial charge >= 0.3 is 5.97 Å². The molecule has 4 atom stereocenters. The van der Waals surface area contributed by atoms with Crippen molar-refractivity contribution in [2.45, 2.75) is 37.4 Å². The number of aromatic nitrogens is 1. The lowest BCUT2D eigenvalue weighted by Gasteiger charge is -2.17. The molecule has 3 aromatic rings. The second-order valence-electron chi connectivity index (χ2n) is 8.83. The fourth-order valence-electron chi connectivity index (χ4n) is 4.58. The summed E-state index contributed by atoms with van der Waals surface area (Å²) < 4.78 is 30.7. The molecule has 0 radical (unpaired) electrons. The Labute approximate surface area is 206 Å². The number of fused-ring (bicyclic) bond motifs is 1. The molecule has 0 bridgehead atoms. The fourth-order valence-corrected chi connectivity index (χ4v) is 4.58. The van der Waals surface area contributed by atoms with Gasteiger partial charge in [-0.15, -0.1) is 0 Å². The van der Waals surface area contributed by atoms with Crippen LogP contribution in [0.15, 0.2) is 60.9 Å². The lowest BCUT2D eigenvalue weighted by atomic mass is 9.93. The summed E-state index contributed by atoms with van der Waals surface area (Å²) >= 11 is 0. The summed E-state index contributed by atoms with van der Waals surface area (Å²) in [6, 6.07) is 13.4. The molecule has 3 heterocycles. The first-order chi connectivity index (χ1) is 17.4. The number of benzene rings is 2. The monoisotopic (exact) mass is 492 g/mol. The molecule has 2 aliphatic rings. The maximum Gasteiger partial charge on any atom is 0.338 e. The summed E-state index contributed by atoms with van der Waals surface area (Å²) in [7, 11) is 0. The van der Waals surface area contributed by atoms with Crippen molar-refractivity contribution < 1.29 is 33.3 Å². The van der Waals surface area contributed by atoms with Gasteiger partial charge in [-0.1, -0.05) is 24.3 Å². The number of rotatable bonds is 7. The van der Waals surface area contributed by atoms with Crippen LogP contribution in [0.5, 0.6) is 0 Å². The van der Waals surface area contributed by atoms with Gasteiger partial charge < -0.3 is 25.1 Å². The van der Waals surface area contributed by atoms with Crippen LogP contribution in [-0.4, -0.2) is 59.5 Å². The third kappa shape index (κ3) is 4.78. The molecule has 0 spiro atoms. The van der Waals surface area contributed by atoms with E-state index < -0.39 is 36.2 Å². The van der Waals surface area contributed by atoms with Gasteiger partial charge in [0, 0.05) is 24.7 Å². The lowest BCUT2D eigenvalue weighted by molar-refractivity contribution is -0.0209. The Bertz CT molecular complexity index is 1300. The predicted molar refractivity (Wildman–Crippen MR) is 127 cm³/mol. The van der Waals surface area contributed by atoms with Crippen molar-refractivity contribution in [2.24, 2.45) is 5.73 Å². The highest BCUT2D eigenvalue weighted by molar-refractivity contribution is 5.99. The average Bonchev–Trinajstić information content (AvgIpc) is 3.47. The zero-order valence-corrected chi connectivity index (χ0v) is 19.3. The molecule has 0 saturated carbocycles. The maximum absolute atomic E-state index is 14.0. The number of hydrogen-bond donors (Lipinski definition) is 2. The number of aliphatic hydroxyl groups excluding tert-OH is 1. The third-order valence-corrected chi connectivity index (χ3v) is 6.51. The molecule has 186 valence electrons. The number of hydrogen-bond acceptors (Lipinski definition) is 8. The molecule has 3 N–H and O–H groups in total. The van der Waals surface area contributed by atoms with E-state index in [1.54, 1.807) is 36.4 Å². The van der Waals surface area contributed by atoms with Gasteiger partial charge in [0.2, 0.25) is 0 Å². The molecule has 36 heavy (non-hydrogen) atoms. The van der Waals surface area contributed by atoms with Crippen molar-refractivity contribution in [2.75, 3.05) is 13.2 Å². The molecule has 5 rings (SSSR count). The Morgan fingerprint density at radius 1 is 1.06 bits per heavy atom. The molecule has 1 aromatic heterocycles. The normalized spacial score (nSPS) is 22.9. The van der Waals surface area contributed by atoms with E-state index in [-0.39, 0.29) is 37.5 Å². The second kappa shape index (κ2) is 10.2. The Morgan fingerprint density at radius 3 is 2.69 bits per heavy atom. The summed E-state index contributed by atoms with van der Waals surface area (Å²) in [5, 5.41) is 9.89. The number of carbonyl (C=O) groups excluding carboxylic acids is 2. The van der Waals surface area contributed by atoms with E-state index in [1.807, 2.05) is 6.07 Å². The van der Waals surface area contributed by atoms with Crippen molar-refractivity contribution in [3.63, 3.8) is 0 Å². The van der Waals surface area contributed by atoms with Crippen molar-refractivity contribution in [1.29, 1.82) is 0 Å². The van der Waals surface area contributed by atoms with Crippen molar-refractivity contribution in [1.82, 2.24) is 4.98 Å².